The second kappa shape index (κ2) is 6.84. The zero-order valence-electron chi connectivity index (χ0n) is 15.0. The van der Waals surface area contributed by atoms with Crippen LogP contribution in [0, 0.1) is 5.82 Å². The predicted octanol–water partition coefficient (Wildman–Crippen LogP) is 3.80. The highest BCUT2D eigenvalue weighted by atomic mass is 19.1. The van der Waals surface area contributed by atoms with E-state index < -0.39 is 17.7 Å². The molecule has 0 saturated carbocycles. The lowest BCUT2D eigenvalue weighted by Gasteiger charge is -2.27. The van der Waals surface area contributed by atoms with Crippen LogP contribution >= 0.6 is 0 Å². The molecule has 0 saturated heterocycles. The van der Waals surface area contributed by atoms with Gasteiger partial charge >= 0.3 is 5.97 Å². The van der Waals surface area contributed by atoms with Crippen LogP contribution in [0.2, 0.25) is 0 Å². The standard InChI is InChI=1S/C21H17FN2O4/c1-28-17-8-3-2-7-14(17)15-10-18(25)23-19-16(21(26)27)11-24(20(15)19)13-6-4-5-12(22)9-13/h2-9,11,15H,10H2,1H3,(H,23,25)(H,26,27)/t15-/m1/s1. The molecular weight excluding hydrogens is 363 g/mol. The summed E-state index contributed by atoms with van der Waals surface area (Å²) < 4.78 is 20.9. The summed E-state index contributed by atoms with van der Waals surface area (Å²) in [5.41, 5.74) is 1.98. The Balaban J connectivity index is 2.00. The number of hydrogen-bond acceptors (Lipinski definition) is 3. The Bertz CT molecular complexity index is 1090. The van der Waals surface area contributed by atoms with E-state index in [1.165, 1.54) is 25.4 Å². The van der Waals surface area contributed by atoms with Crippen molar-refractivity contribution >= 4 is 17.6 Å². The number of aromatic carboxylic acids is 1. The van der Waals surface area contributed by atoms with E-state index in [9.17, 15) is 19.1 Å². The molecule has 1 aliphatic heterocycles. The van der Waals surface area contributed by atoms with E-state index in [0.29, 0.717) is 17.1 Å². The van der Waals surface area contributed by atoms with Crippen LogP contribution in [0.15, 0.2) is 54.7 Å². The fourth-order valence-corrected chi connectivity index (χ4v) is 3.68. The van der Waals surface area contributed by atoms with Crippen LogP contribution in [-0.2, 0) is 4.79 Å². The smallest absolute Gasteiger partial charge is 0.339 e. The van der Waals surface area contributed by atoms with E-state index in [0.717, 1.165) is 5.56 Å². The van der Waals surface area contributed by atoms with Crippen molar-refractivity contribution in [3.8, 4) is 11.4 Å². The van der Waals surface area contributed by atoms with Crippen LogP contribution < -0.4 is 10.1 Å². The first-order valence-corrected chi connectivity index (χ1v) is 8.67. The number of anilines is 1. The van der Waals surface area contributed by atoms with Gasteiger partial charge in [0.15, 0.2) is 0 Å². The van der Waals surface area contributed by atoms with Crippen molar-refractivity contribution in [2.45, 2.75) is 12.3 Å². The molecule has 1 aromatic heterocycles. The van der Waals surface area contributed by atoms with Crippen molar-refractivity contribution in [3.63, 3.8) is 0 Å². The Morgan fingerprint density at radius 2 is 2.04 bits per heavy atom. The van der Waals surface area contributed by atoms with Gasteiger partial charge in [-0.1, -0.05) is 24.3 Å². The van der Waals surface area contributed by atoms with Crippen LogP contribution in [0.3, 0.4) is 0 Å². The van der Waals surface area contributed by atoms with Crippen LogP contribution in [0.5, 0.6) is 5.75 Å². The maximum Gasteiger partial charge on any atom is 0.339 e. The molecule has 2 heterocycles. The van der Waals surface area contributed by atoms with Crippen LogP contribution in [-0.4, -0.2) is 28.7 Å². The van der Waals surface area contributed by atoms with E-state index in [4.69, 9.17) is 4.74 Å². The van der Waals surface area contributed by atoms with E-state index in [-0.39, 0.29) is 23.6 Å². The summed E-state index contributed by atoms with van der Waals surface area (Å²) in [7, 11) is 1.54. The molecule has 6 nitrogen and oxygen atoms in total. The maximum atomic E-state index is 13.8. The minimum Gasteiger partial charge on any atom is -0.496 e. The van der Waals surface area contributed by atoms with Crippen LogP contribution in [0.1, 0.15) is 34.0 Å². The van der Waals surface area contributed by atoms with Crippen molar-refractivity contribution < 1.29 is 23.8 Å². The molecule has 7 heteroatoms. The van der Waals surface area contributed by atoms with Gasteiger partial charge in [-0.2, -0.15) is 0 Å². The van der Waals surface area contributed by atoms with Gasteiger partial charge in [0.05, 0.1) is 18.5 Å². The summed E-state index contributed by atoms with van der Waals surface area (Å²) in [6, 6.07) is 13.2. The largest absolute Gasteiger partial charge is 0.496 e. The highest BCUT2D eigenvalue weighted by Gasteiger charge is 2.35. The number of methoxy groups -OCH3 is 1. The highest BCUT2D eigenvalue weighted by molar-refractivity contribution is 6.04. The molecule has 1 aliphatic rings. The number of carboxylic acid groups (broad SMARTS) is 1. The Kier molecular flexibility index (Phi) is 4.35. The summed E-state index contributed by atoms with van der Waals surface area (Å²) in [5.74, 6) is -1.76. The second-order valence-corrected chi connectivity index (χ2v) is 6.50. The molecule has 4 rings (SSSR count). The second-order valence-electron chi connectivity index (χ2n) is 6.50. The summed E-state index contributed by atoms with van der Waals surface area (Å²) >= 11 is 0. The first-order valence-electron chi connectivity index (χ1n) is 8.67. The number of amides is 1. The number of rotatable bonds is 4. The Morgan fingerprint density at radius 3 is 2.75 bits per heavy atom. The fraction of sp³-hybridized carbons (Fsp3) is 0.143. The van der Waals surface area contributed by atoms with Gasteiger partial charge in [-0.05, 0) is 24.3 Å². The number of aromatic nitrogens is 1. The van der Waals surface area contributed by atoms with E-state index in [2.05, 4.69) is 5.32 Å². The van der Waals surface area contributed by atoms with Crippen molar-refractivity contribution in [2.24, 2.45) is 0 Å². The third kappa shape index (κ3) is 2.90. The van der Waals surface area contributed by atoms with Crippen LogP contribution in [0.4, 0.5) is 10.1 Å². The number of halogens is 1. The van der Waals surface area contributed by atoms with Crippen LogP contribution in [0.25, 0.3) is 5.69 Å². The first kappa shape index (κ1) is 17.8. The lowest BCUT2D eigenvalue weighted by Crippen LogP contribution is -2.25. The predicted molar refractivity (Wildman–Crippen MR) is 101 cm³/mol. The molecule has 2 N–H and O–H groups in total. The molecule has 1 amide bonds. The molecule has 2 aromatic carbocycles. The Morgan fingerprint density at radius 1 is 1.25 bits per heavy atom. The molecule has 142 valence electrons. The summed E-state index contributed by atoms with van der Waals surface area (Å²) in [6.45, 7) is 0. The molecule has 0 spiro atoms. The number of benzene rings is 2. The third-order valence-corrected chi connectivity index (χ3v) is 4.86. The first-order chi connectivity index (χ1) is 13.5. The van der Waals surface area contributed by atoms with Crippen molar-refractivity contribution in [2.75, 3.05) is 12.4 Å². The lowest BCUT2D eigenvalue weighted by molar-refractivity contribution is -0.116. The zero-order valence-corrected chi connectivity index (χ0v) is 15.0. The molecule has 0 unspecified atom stereocenters. The summed E-state index contributed by atoms with van der Waals surface area (Å²) in [5, 5.41) is 12.3. The fourth-order valence-electron chi connectivity index (χ4n) is 3.68. The topological polar surface area (TPSA) is 80.6 Å². The molecule has 3 aromatic rings. The van der Waals surface area contributed by atoms with Gasteiger partial charge in [0, 0.05) is 29.8 Å². The van der Waals surface area contributed by atoms with Crippen molar-refractivity contribution in [3.05, 3.63) is 77.4 Å². The van der Waals surface area contributed by atoms with Gasteiger partial charge < -0.3 is 19.7 Å². The summed E-state index contributed by atoms with van der Waals surface area (Å²) in [6.07, 6.45) is 1.53. The van der Waals surface area contributed by atoms with Gasteiger partial charge in [0.1, 0.15) is 17.1 Å². The molecule has 0 bridgehead atoms. The number of carbonyl (C=O) groups is 2. The van der Waals surface area contributed by atoms with Gasteiger partial charge in [0.2, 0.25) is 5.91 Å². The number of nitrogens with one attached hydrogen (secondary N) is 1. The maximum absolute atomic E-state index is 13.8. The number of nitrogens with zero attached hydrogens (tertiary/aromatic N) is 1. The minimum absolute atomic E-state index is 0.0489. The normalized spacial score (nSPS) is 15.6. The zero-order chi connectivity index (χ0) is 19.8. The molecule has 0 radical (unpaired) electrons. The van der Waals surface area contributed by atoms with E-state index in [1.54, 1.807) is 22.8 Å². The van der Waals surface area contributed by atoms with E-state index in [1.807, 2.05) is 18.2 Å². The van der Waals surface area contributed by atoms with Crippen molar-refractivity contribution in [1.82, 2.24) is 4.57 Å². The molecular formula is C21H17FN2O4. The number of ether oxygens (including phenoxy) is 1. The van der Waals surface area contributed by atoms with Crippen molar-refractivity contribution in [1.29, 1.82) is 0 Å². The molecule has 0 aliphatic carbocycles. The summed E-state index contributed by atoms with van der Waals surface area (Å²) in [4.78, 5) is 24.2. The van der Waals surface area contributed by atoms with Gasteiger partial charge in [0.25, 0.3) is 0 Å². The van der Waals surface area contributed by atoms with Gasteiger partial charge in [-0.3, -0.25) is 4.79 Å². The van der Waals surface area contributed by atoms with Gasteiger partial charge in [-0.15, -0.1) is 0 Å². The minimum atomic E-state index is -1.17. The average Bonchev–Trinajstić information content (AvgIpc) is 3.07. The number of fused-ring (bicyclic) bond motifs is 1. The number of hydrogen-bond donors (Lipinski definition) is 2. The molecule has 0 fully saturated rings. The number of carbonyl (C=O) groups excluding carboxylic acids is 1. The molecule has 1 atom stereocenters. The highest BCUT2D eigenvalue weighted by Crippen LogP contribution is 2.44. The Labute approximate surface area is 160 Å². The lowest BCUT2D eigenvalue weighted by atomic mass is 9.87. The number of carboxylic acids is 1. The van der Waals surface area contributed by atoms with Gasteiger partial charge in [-0.25, -0.2) is 9.18 Å². The number of para-hydroxylation sites is 1. The SMILES string of the molecule is COc1ccccc1[C@H]1CC(=O)Nc2c(C(=O)O)cn(-c3cccc(F)c3)c21. The third-order valence-electron chi connectivity index (χ3n) is 4.86. The average molecular weight is 380 g/mol. The van der Waals surface area contributed by atoms with E-state index >= 15 is 0 Å². The Hall–Kier alpha value is -3.61. The molecule has 28 heavy (non-hydrogen) atoms. The quantitative estimate of drug-likeness (QED) is 0.722. The monoisotopic (exact) mass is 380 g/mol.